The summed E-state index contributed by atoms with van der Waals surface area (Å²) < 4.78 is 0. The lowest BCUT2D eigenvalue weighted by atomic mass is 9.89. The van der Waals surface area contributed by atoms with Gasteiger partial charge in [0.2, 0.25) is 0 Å². The first-order valence-electron chi connectivity index (χ1n) is 13.4. The Kier molecular flexibility index (Phi) is 5.88. The highest BCUT2D eigenvalue weighted by Gasteiger charge is 2.14. The maximum atomic E-state index is 3.77. The smallest absolute Gasteiger partial charge is 0.0470 e. The van der Waals surface area contributed by atoms with E-state index < -0.39 is 0 Å². The number of nitrogens with one attached hydrogen (secondary N) is 1. The van der Waals surface area contributed by atoms with Gasteiger partial charge in [-0.15, -0.1) is 0 Å². The fraction of sp³-hybridized carbons (Fsp3) is 0. The summed E-state index contributed by atoms with van der Waals surface area (Å²) in [4.78, 5) is 0. The van der Waals surface area contributed by atoms with E-state index in [9.17, 15) is 0 Å². The Bertz CT molecular complexity index is 1920. The molecule has 1 nitrogen and oxygen atoms in total. The third-order valence-corrected chi connectivity index (χ3v) is 7.45. The summed E-state index contributed by atoms with van der Waals surface area (Å²) in [6.45, 7) is 0. The van der Waals surface area contributed by atoms with Gasteiger partial charge in [0.15, 0.2) is 0 Å². The van der Waals surface area contributed by atoms with Crippen LogP contribution in [0.1, 0.15) is 0 Å². The molecule has 0 aliphatic carbocycles. The summed E-state index contributed by atoms with van der Waals surface area (Å²) in [5.41, 5.74) is 9.47. The molecule has 0 heterocycles. The van der Waals surface area contributed by atoms with Gasteiger partial charge in [0, 0.05) is 16.8 Å². The van der Waals surface area contributed by atoms with Gasteiger partial charge in [-0.05, 0) is 67.7 Å². The average Bonchev–Trinajstić information content (AvgIpc) is 3.02. The number of benzene rings is 7. The molecule has 0 fully saturated rings. The van der Waals surface area contributed by atoms with Gasteiger partial charge in [0.25, 0.3) is 0 Å². The zero-order valence-corrected chi connectivity index (χ0v) is 21.5. The van der Waals surface area contributed by atoms with Crippen LogP contribution in [0.15, 0.2) is 158 Å². The molecule has 0 saturated heterocycles. The first-order chi connectivity index (χ1) is 19.3. The Labute approximate surface area is 229 Å². The van der Waals surface area contributed by atoms with Crippen LogP contribution in [0.25, 0.3) is 54.9 Å². The molecule has 7 aromatic carbocycles. The molecule has 0 amide bonds. The van der Waals surface area contributed by atoms with Crippen LogP contribution in [0.5, 0.6) is 0 Å². The zero-order valence-electron chi connectivity index (χ0n) is 21.5. The van der Waals surface area contributed by atoms with Crippen molar-refractivity contribution in [3.8, 4) is 33.4 Å². The molecule has 184 valence electrons. The van der Waals surface area contributed by atoms with Crippen LogP contribution in [0.3, 0.4) is 0 Å². The summed E-state index contributed by atoms with van der Waals surface area (Å²) in [6, 6.07) is 56.3. The van der Waals surface area contributed by atoms with Gasteiger partial charge in [-0.2, -0.15) is 0 Å². The van der Waals surface area contributed by atoms with Crippen molar-refractivity contribution < 1.29 is 0 Å². The number of anilines is 2. The van der Waals surface area contributed by atoms with Crippen LogP contribution in [0.4, 0.5) is 11.4 Å². The fourth-order valence-electron chi connectivity index (χ4n) is 5.61. The molecule has 0 bridgehead atoms. The summed E-state index contributed by atoms with van der Waals surface area (Å²) in [5, 5.41) is 8.76. The highest BCUT2D eigenvalue weighted by Crippen LogP contribution is 2.40. The van der Waals surface area contributed by atoms with Gasteiger partial charge >= 0.3 is 0 Å². The van der Waals surface area contributed by atoms with Crippen molar-refractivity contribution in [1.82, 2.24) is 0 Å². The molecule has 0 radical (unpaired) electrons. The van der Waals surface area contributed by atoms with Crippen molar-refractivity contribution in [3.05, 3.63) is 158 Å². The minimum atomic E-state index is 1.07. The summed E-state index contributed by atoms with van der Waals surface area (Å²) >= 11 is 0. The minimum Gasteiger partial charge on any atom is -0.355 e. The maximum Gasteiger partial charge on any atom is 0.0470 e. The van der Waals surface area contributed by atoms with Gasteiger partial charge < -0.3 is 5.32 Å². The van der Waals surface area contributed by atoms with Crippen molar-refractivity contribution >= 4 is 32.9 Å². The SMILES string of the molecule is c1ccc(-c2ccccc2-c2ccc(Nc3cc4ccccc4c4ccccc34)cc2-c2ccccc2)cc1. The summed E-state index contributed by atoms with van der Waals surface area (Å²) in [7, 11) is 0. The number of rotatable bonds is 5. The zero-order chi connectivity index (χ0) is 26.0. The Morgan fingerprint density at radius 3 is 1.62 bits per heavy atom. The quantitative estimate of drug-likeness (QED) is 0.233. The molecule has 7 aromatic rings. The first kappa shape index (κ1) is 23.0. The van der Waals surface area contributed by atoms with E-state index in [1.807, 2.05) is 0 Å². The van der Waals surface area contributed by atoms with Gasteiger partial charge in [-0.1, -0.05) is 140 Å². The van der Waals surface area contributed by atoms with Gasteiger partial charge in [0.1, 0.15) is 0 Å². The molecule has 7 rings (SSSR count). The van der Waals surface area contributed by atoms with Crippen LogP contribution in [0.2, 0.25) is 0 Å². The van der Waals surface area contributed by atoms with Gasteiger partial charge in [0.05, 0.1) is 0 Å². The molecule has 1 heteroatoms. The second kappa shape index (κ2) is 9.96. The Balaban J connectivity index is 1.39. The van der Waals surface area contributed by atoms with Crippen molar-refractivity contribution in [3.63, 3.8) is 0 Å². The monoisotopic (exact) mass is 497 g/mol. The number of fused-ring (bicyclic) bond motifs is 3. The van der Waals surface area contributed by atoms with E-state index in [2.05, 4.69) is 163 Å². The van der Waals surface area contributed by atoms with Crippen molar-refractivity contribution in [1.29, 1.82) is 0 Å². The molecule has 1 N–H and O–H groups in total. The van der Waals surface area contributed by atoms with Crippen molar-refractivity contribution in [2.24, 2.45) is 0 Å². The average molecular weight is 498 g/mol. The van der Waals surface area contributed by atoms with Crippen LogP contribution in [-0.4, -0.2) is 0 Å². The highest BCUT2D eigenvalue weighted by molar-refractivity contribution is 6.13. The molecule has 0 aromatic heterocycles. The number of hydrogen-bond acceptors (Lipinski definition) is 1. The highest BCUT2D eigenvalue weighted by atomic mass is 14.9. The fourth-order valence-corrected chi connectivity index (χ4v) is 5.61. The van der Waals surface area contributed by atoms with E-state index in [1.165, 1.54) is 54.9 Å². The third kappa shape index (κ3) is 4.35. The van der Waals surface area contributed by atoms with E-state index in [0.717, 1.165) is 11.4 Å². The molecule has 0 aliphatic rings. The predicted octanol–water partition coefficient (Wildman–Crippen LogP) is 10.7. The van der Waals surface area contributed by atoms with Gasteiger partial charge in [-0.3, -0.25) is 0 Å². The van der Waals surface area contributed by atoms with Crippen molar-refractivity contribution in [2.75, 3.05) is 5.32 Å². The Hall–Kier alpha value is -5.14. The molecule has 0 aliphatic heterocycles. The van der Waals surface area contributed by atoms with E-state index in [1.54, 1.807) is 0 Å². The second-order valence-electron chi connectivity index (χ2n) is 9.85. The van der Waals surface area contributed by atoms with E-state index in [-0.39, 0.29) is 0 Å². The second-order valence-corrected chi connectivity index (χ2v) is 9.85. The minimum absolute atomic E-state index is 1.07. The molecule has 0 saturated carbocycles. The van der Waals surface area contributed by atoms with Crippen LogP contribution in [-0.2, 0) is 0 Å². The Morgan fingerprint density at radius 2 is 0.872 bits per heavy atom. The maximum absolute atomic E-state index is 3.77. The molecule has 0 spiro atoms. The lowest BCUT2D eigenvalue weighted by Gasteiger charge is -2.18. The Morgan fingerprint density at radius 1 is 0.333 bits per heavy atom. The van der Waals surface area contributed by atoms with Gasteiger partial charge in [-0.25, -0.2) is 0 Å². The molecule has 0 unspecified atom stereocenters. The standard InChI is InChI=1S/C38H27N/c1-3-13-27(14-4-1)31-18-9-10-20-33(31)35-24-23-30(26-37(35)28-15-5-2-6-16-28)39-38-25-29-17-7-8-19-32(29)34-21-11-12-22-36(34)38/h1-26,39H. The van der Waals surface area contributed by atoms with Crippen LogP contribution >= 0.6 is 0 Å². The van der Waals surface area contributed by atoms with E-state index in [4.69, 9.17) is 0 Å². The number of hydrogen-bond donors (Lipinski definition) is 1. The van der Waals surface area contributed by atoms with Crippen LogP contribution < -0.4 is 5.32 Å². The topological polar surface area (TPSA) is 12.0 Å². The predicted molar refractivity (Wildman–Crippen MR) is 167 cm³/mol. The van der Waals surface area contributed by atoms with Crippen molar-refractivity contribution in [2.45, 2.75) is 0 Å². The summed E-state index contributed by atoms with van der Waals surface area (Å²) in [6.07, 6.45) is 0. The normalized spacial score (nSPS) is 11.1. The molecule has 39 heavy (non-hydrogen) atoms. The van der Waals surface area contributed by atoms with Crippen LogP contribution in [0, 0.1) is 0 Å². The summed E-state index contributed by atoms with van der Waals surface area (Å²) in [5.74, 6) is 0. The first-order valence-corrected chi connectivity index (χ1v) is 13.4. The molecular formula is C38H27N. The lowest BCUT2D eigenvalue weighted by Crippen LogP contribution is -1.95. The third-order valence-electron chi connectivity index (χ3n) is 7.45. The molecule has 0 atom stereocenters. The van der Waals surface area contributed by atoms with E-state index >= 15 is 0 Å². The lowest BCUT2D eigenvalue weighted by molar-refractivity contribution is 1.54. The van der Waals surface area contributed by atoms with E-state index in [0.29, 0.717) is 0 Å². The molecular weight excluding hydrogens is 470 g/mol. The largest absolute Gasteiger partial charge is 0.355 e.